The largest absolute Gasteiger partial charge is 0.508 e. The van der Waals surface area contributed by atoms with Crippen LogP contribution in [0, 0.1) is 0 Å². The number of fused-ring (bicyclic) bond motifs is 2. The summed E-state index contributed by atoms with van der Waals surface area (Å²) in [4.78, 5) is 91.1. The van der Waals surface area contributed by atoms with E-state index in [2.05, 4.69) is 41.5 Å². The van der Waals surface area contributed by atoms with Crippen molar-refractivity contribution in [2.75, 3.05) is 61.2 Å². The smallest absolute Gasteiger partial charge is 0.356 e. The van der Waals surface area contributed by atoms with E-state index in [4.69, 9.17) is 47.0 Å². The number of aromatic hydroxyl groups is 1. The molecule has 79 heavy (non-hydrogen) atoms. The molecule has 4 heterocycles. The highest BCUT2D eigenvalue weighted by Gasteiger charge is 2.24. The van der Waals surface area contributed by atoms with Gasteiger partial charge in [-0.2, -0.15) is 0 Å². The Morgan fingerprint density at radius 3 is 1.87 bits per heavy atom. The maximum atomic E-state index is 13.9. The molecule has 8 rings (SSSR count). The third-order valence-electron chi connectivity index (χ3n) is 11.5. The predicted molar refractivity (Wildman–Crippen MR) is 295 cm³/mol. The van der Waals surface area contributed by atoms with E-state index in [1.54, 1.807) is 6.07 Å². The van der Waals surface area contributed by atoms with Gasteiger partial charge in [-0.3, -0.25) is 19.2 Å². The number of carbonyl (C=O) groups excluding carboxylic acids is 4. The standard InChI is InChI=1S/C55H50N10O13S/c1-74-54(73)43-20-19-41(51(64-43)76-24-6-22-57)61-48(69)38-15-17-40(50(62-38)75-23-5-21-56)60-49(70)39-16-18-42(52(63-39)77-29-30-7-3-2-4-8-30)65-55(79)58-28-46(68)59-31-9-12-34(37(25-31)53(71)72)47-35-13-10-32(66)26-44(35)78-45-27-33(67)11-14-36(45)47/h2-4,7-20,25-27,66H,5-6,21-24,28-29,56-57H2,1H3,(H,59,68)(H,60,70)(H,61,69)(H,71,72)(H2,58,65,79). The van der Waals surface area contributed by atoms with Crippen molar-refractivity contribution in [2.24, 2.45) is 11.5 Å². The molecule has 0 saturated heterocycles. The molecule has 1 aliphatic carbocycles. The molecule has 3 aromatic heterocycles. The Kier molecular flexibility index (Phi) is 17.9. The highest BCUT2D eigenvalue weighted by Crippen LogP contribution is 2.42. The minimum absolute atomic E-state index is 0.0312. The van der Waals surface area contributed by atoms with Crippen LogP contribution >= 0.6 is 12.2 Å². The Balaban J connectivity index is 0.966. The number of thiocarbonyl (C=S) groups is 1. The lowest BCUT2D eigenvalue weighted by Crippen LogP contribution is -2.35. The third-order valence-corrected chi connectivity index (χ3v) is 11.7. The number of carbonyl (C=O) groups is 5. The number of ether oxygens (including phenoxy) is 4. The van der Waals surface area contributed by atoms with E-state index in [9.17, 15) is 39.0 Å². The predicted octanol–water partition coefficient (Wildman–Crippen LogP) is 6.40. The molecular weight excluding hydrogens is 1040 g/mol. The number of amides is 3. The molecule has 24 heteroatoms. The third kappa shape index (κ3) is 13.9. The highest BCUT2D eigenvalue weighted by atomic mass is 32.1. The molecule has 3 amide bonds. The van der Waals surface area contributed by atoms with Crippen LogP contribution in [0.25, 0.3) is 33.4 Å². The van der Waals surface area contributed by atoms with Gasteiger partial charge in [-0.1, -0.05) is 36.4 Å². The number of hydrogen-bond acceptors (Lipinski definition) is 18. The number of carboxylic acid groups (broad SMARTS) is 1. The normalized spacial score (nSPS) is 10.8. The van der Waals surface area contributed by atoms with E-state index in [-0.39, 0.29) is 129 Å². The fraction of sp³-hybridized carbons (Fsp3) is 0.164. The molecule has 404 valence electrons. The Labute approximate surface area is 454 Å². The van der Waals surface area contributed by atoms with Gasteiger partial charge in [0.1, 0.15) is 52.1 Å². The van der Waals surface area contributed by atoms with Crippen molar-refractivity contribution in [1.82, 2.24) is 20.3 Å². The monoisotopic (exact) mass is 1090 g/mol. The number of aromatic nitrogens is 3. The first kappa shape index (κ1) is 55.2. The second-order valence-corrected chi connectivity index (χ2v) is 17.4. The summed E-state index contributed by atoms with van der Waals surface area (Å²) in [6.45, 7) is 0.491. The van der Waals surface area contributed by atoms with E-state index < -0.39 is 29.7 Å². The molecule has 0 spiro atoms. The summed E-state index contributed by atoms with van der Waals surface area (Å²) in [5.74, 6) is -4.15. The van der Waals surface area contributed by atoms with Crippen molar-refractivity contribution in [3.8, 4) is 45.8 Å². The van der Waals surface area contributed by atoms with Crippen molar-refractivity contribution >= 4 is 80.7 Å². The highest BCUT2D eigenvalue weighted by molar-refractivity contribution is 7.80. The van der Waals surface area contributed by atoms with E-state index in [0.717, 1.165) is 5.56 Å². The Bertz CT molecular complexity index is 3640. The summed E-state index contributed by atoms with van der Waals surface area (Å²) in [6.07, 6.45) is 0.884. The van der Waals surface area contributed by atoms with Crippen LogP contribution in [0.2, 0.25) is 0 Å². The van der Waals surface area contributed by atoms with E-state index >= 15 is 0 Å². The molecule has 3 aromatic carbocycles. The summed E-state index contributed by atoms with van der Waals surface area (Å²) in [5, 5.41) is 34.8. The summed E-state index contributed by atoms with van der Waals surface area (Å²) in [7, 11) is 1.20. The minimum atomic E-state index is -1.30. The molecule has 0 fully saturated rings. The zero-order valence-electron chi connectivity index (χ0n) is 42.0. The maximum absolute atomic E-state index is 13.9. The second kappa shape index (κ2) is 25.7. The number of nitrogens with zero attached hydrogens (tertiary/aromatic N) is 3. The number of phenols is 1. The van der Waals surface area contributed by atoms with Crippen molar-refractivity contribution in [3.05, 3.63) is 160 Å². The van der Waals surface area contributed by atoms with Crippen LogP contribution in [0.4, 0.5) is 22.7 Å². The van der Waals surface area contributed by atoms with Gasteiger partial charge in [0.25, 0.3) is 11.8 Å². The second-order valence-electron chi connectivity index (χ2n) is 17.0. The van der Waals surface area contributed by atoms with Crippen LogP contribution in [-0.4, -0.2) is 99.9 Å². The molecule has 0 bridgehead atoms. The van der Waals surface area contributed by atoms with E-state index in [1.807, 2.05) is 30.3 Å². The first-order chi connectivity index (χ1) is 38.2. The molecule has 1 aliphatic heterocycles. The molecule has 11 N–H and O–H groups in total. The lowest BCUT2D eigenvalue weighted by atomic mass is 9.90. The van der Waals surface area contributed by atoms with Crippen LogP contribution in [0.5, 0.6) is 23.4 Å². The van der Waals surface area contributed by atoms with Crippen LogP contribution in [0.3, 0.4) is 0 Å². The van der Waals surface area contributed by atoms with Gasteiger partial charge in [-0.15, -0.1) is 0 Å². The number of benzene rings is 4. The van der Waals surface area contributed by atoms with E-state index in [0.29, 0.717) is 35.9 Å². The van der Waals surface area contributed by atoms with E-state index in [1.165, 1.54) is 92.0 Å². The Morgan fingerprint density at radius 1 is 0.658 bits per heavy atom. The number of methoxy groups -OCH3 is 1. The fourth-order valence-electron chi connectivity index (χ4n) is 7.71. The average molecular weight is 1090 g/mol. The molecule has 0 unspecified atom stereocenters. The number of pyridine rings is 3. The van der Waals surface area contributed by atoms with Crippen LogP contribution < -0.4 is 57.7 Å². The first-order valence-electron chi connectivity index (χ1n) is 24.2. The molecule has 0 radical (unpaired) electrons. The summed E-state index contributed by atoms with van der Waals surface area (Å²) >= 11 is 5.54. The van der Waals surface area contributed by atoms with Gasteiger partial charge in [0, 0.05) is 34.3 Å². The SMILES string of the molecule is COC(=O)c1ccc(NC(=O)c2ccc(NC(=O)c3ccc(NC(=S)NCC(=O)Nc4ccc(-c5c6ccc(=O)cc-6oc6cc(O)ccc56)c(C(=O)O)c4)c(OCc4ccccc4)n3)c(OCCCN)n2)c(OCCCN)n1. The van der Waals surface area contributed by atoms with Gasteiger partial charge < -0.3 is 71.6 Å². The number of hydrogen-bond donors (Lipinski definition) is 9. The van der Waals surface area contributed by atoms with Gasteiger partial charge in [0.15, 0.2) is 16.2 Å². The molecule has 6 aromatic rings. The van der Waals surface area contributed by atoms with Crippen molar-refractivity contribution in [3.63, 3.8) is 0 Å². The molecular formula is C55H50N10O13S. The number of rotatable bonds is 22. The number of nitrogens with two attached hydrogens (primary N) is 2. The summed E-state index contributed by atoms with van der Waals surface area (Å²) < 4.78 is 28.4. The first-order valence-corrected chi connectivity index (χ1v) is 24.6. The lowest BCUT2D eigenvalue weighted by Gasteiger charge is -2.18. The maximum Gasteiger partial charge on any atom is 0.356 e. The lowest BCUT2D eigenvalue weighted by molar-refractivity contribution is -0.115. The zero-order chi connectivity index (χ0) is 56.0. The minimum Gasteiger partial charge on any atom is -0.508 e. The van der Waals surface area contributed by atoms with Gasteiger partial charge >= 0.3 is 11.9 Å². The number of nitrogens with one attached hydrogen (secondary N) is 5. The van der Waals surface area contributed by atoms with Crippen LogP contribution in [-0.2, 0) is 16.1 Å². The summed E-state index contributed by atoms with van der Waals surface area (Å²) in [6, 6.07) is 30.4. The number of carboxylic acids is 1. The van der Waals surface area contributed by atoms with Crippen LogP contribution in [0.1, 0.15) is 60.2 Å². The molecule has 0 saturated carbocycles. The molecule has 23 nitrogen and oxygen atoms in total. The Hall–Kier alpha value is -10.0. The van der Waals surface area contributed by atoms with Crippen molar-refractivity contribution < 1.29 is 57.6 Å². The number of aromatic carboxylic acids is 1. The van der Waals surface area contributed by atoms with Crippen molar-refractivity contribution in [2.45, 2.75) is 19.4 Å². The number of esters is 1. The molecule has 0 atom stereocenters. The van der Waals surface area contributed by atoms with Gasteiger partial charge in [-0.05, 0) is 122 Å². The van der Waals surface area contributed by atoms with Gasteiger partial charge in [-0.25, -0.2) is 24.5 Å². The quantitative estimate of drug-likeness (QED) is 0.0153. The zero-order valence-corrected chi connectivity index (χ0v) is 42.8. The Morgan fingerprint density at radius 2 is 1.25 bits per heavy atom. The summed E-state index contributed by atoms with van der Waals surface area (Å²) in [5.41, 5.74) is 13.3. The van der Waals surface area contributed by atoms with Crippen molar-refractivity contribution in [1.29, 1.82) is 0 Å². The average Bonchev–Trinajstić information content (AvgIpc) is 3.58. The number of anilines is 4. The topological polar surface area (TPSA) is 344 Å². The van der Waals surface area contributed by atoms with Gasteiger partial charge in [0.05, 0.1) is 32.4 Å². The number of phenolic OH excluding ortho intramolecular Hbond substituents is 1. The van der Waals surface area contributed by atoms with Crippen LogP contribution in [0.15, 0.2) is 131 Å². The van der Waals surface area contributed by atoms with Gasteiger partial charge in [0.2, 0.25) is 23.5 Å². The fourth-order valence-corrected chi connectivity index (χ4v) is 7.89. The molecule has 2 aliphatic rings.